The smallest absolute Gasteiger partial charge is 0.309 e. The molecule has 0 aromatic rings. The van der Waals surface area contributed by atoms with Gasteiger partial charge in [0.15, 0.2) is 0 Å². The number of unbranched alkanes of at least 4 members (excludes halogenated alkanes) is 6. The highest BCUT2D eigenvalue weighted by Gasteiger charge is 2.13. The van der Waals surface area contributed by atoms with Gasteiger partial charge < -0.3 is 126 Å². The third-order valence-electron chi connectivity index (χ3n) is 6.60. The van der Waals surface area contributed by atoms with Crippen molar-refractivity contribution in [2.75, 3.05) is 78.5 Å². The fraction of sp³-hybridized carbons (Fsp3) is 0.714. The fourth-order valence-electron chi connectivity index (χ4n) is 2.90. The van der Waals surface area contributed by atoms with Crippen LogP contribution in [0.3, 0.4) is 0 Å². The van der Waals surface area contributed by atoms with Crippen molar-refractivity contribution in [3.05, 3.63) is 0 Å². The van der Waals surface area contributed by atoms with Gasteiger partial charge in [0.2, 0.25) is 0 Å². The second-order valence-electron chi connectivity index (χ2n) is 13.6. The number of quaternary nitrogens is 6. The van der Waals surface area contributed by atoms with Crippen molar-refractivity contribution < 1.29 is 123 Å². The molecule has 0 bridgehead atoms. The van der Waals surface area contributed by atoms with Crippen LogP contribution in [0.15, 0.2) is 0 Å². The summed E-state index contributed by atoms with van der Waals surface area (Å²) in [7, 11) is 0. The van der Waals surface area contributed by atoms with Gasteiger partial charge in [0, 0.05) is 0 Å². The molecule has 0 atom stereocenters. The van der Waals surface area contributed by atoms with Crippen molar-refractivity contribution in [1.29, 1.82) is 0 Å². The van der Waals surface area contributed by atoms with E-state index in [-0.39, 0.29) is 0 Å². The van der Waals surface area contributed by atoms with Crippen molar-refractivity contribution in [2.24, 2.45) is 0 Å². The molecule has 0 saturated carbocycles. The van der Waals surface area contributed by atoms with Crippen molar-refractivity contribution in [3.8, 4) is 0 Å². The molecule has 0 fully saturated rings. The summed E-state index contributed by atoms with van der Waals surface area (Å²) in [6, 6.07) is 0. The standard InChI is InChI=1S/3C6H8N2O6.6C4H11N/c3*9-3(10)1-7-5(13)6(14)8-2-4(11)12;6*1-2-3-4-5/h3*1-2H2,(H,7,13)(H,8,14)(H,9,10)(H,11,12);6*2-5H2,1H3. The maximum absolute atomic E-state index is 10.6. The Kier molecular flexibility index (Phi) is 86.9. The Hall–Kier alpha value is -6.60. The van der Waals surface area contributed by atoms with Crippen LogP contribution < -0.4 is 96.9 Å². The van der Waals surface area contributed by atoms with Gasteiger partial charge in [-0.05, 0) is 38.5 Å². The molecule has 426 valence electrons. The Morgan fingerprint density at radius 3 is 0.389 bits per heavy atom. The summed E-state index contributed by atoms with van der Waals surface area (Å²) in [5, 5.41) is 69.1. The molecule has 0 aliphatic rings. The van der Waals surface area contributed by atoms with Gasteiger partial charge in [0.25, 0.3) is 0 Å². The molecule has 0 unspecified atom stereocenters. The van der Waals surface area contributed by atoms with Crippen molar-refractivity contribution in [3.63, 3.8) is 0 Å². The van der Waals surface area contributed by atoms with Gasteiger partial charge in [-0.25, -0.2) is 0 Å². The van der Waals surface area contributed by atoms with E-state index in [4.69, 9.17) is 0 Å². The summed E-state index contributed by atoms with van der Waals surface area (Å²) >= 11 is 0. The van der Waals surface area contributed by atoms with Crippen LogP contribution in [0.2, 0.25) is 0 Å². The lowest BCUT2D eigenvalue weighted by Crippen LogP contribution is -2.49. The molecule has 0 aliphatic heterocycles. The number of nitrogens with one attached hydrogen (secondary N) is 6. The van der Waals surface area contributed by atoms with Crippen LogP contribution in [0, 0.1) is 0 Å². The first-order chi connectivity index (χ1) is 33.8. The first kappa shape index (κ1) is 85.3. The number of carboxylic acid groups (broad SMARTS) is 6. The summed E-state index contributed by atoms with van der Waals surface area (Å²) in [5.74, 6) is -16.9. The molecule has 0 spiro atoms. The molecule has 0 rings (SSSR count). The maximum Gasteiger partial charge on any atom is 0.309 e. The first-order valence-electron chi connectivity index (χ1n) is 23.4. The summed E-state index contributed by atoms with van der Waals surface area (Å²) in [6.07, 6.45) is 15.4. The van der Waals surface area contributed by atoms with Gasteiger partial charge in [0.1, 0.15) is 0 Å². The second-order valence-corrected chi connectivity index (χ2v) is 13.6. The Balaban J connectivity index is -0.0000000928. The summed E-state index contributed by atoms with van der Waals surface area (Å²) < 4.78 is 0. The third kappa shape index (κ3) is 110. The lowest BCUT2D eigenvalue weighted by atomic mass is 10.3. The largest absolute Gasteiger partial charge is 0.548 e. The molecule has 0 heterocycles. The average Bonchev–Trinajstić information content (AvgIpc) is 3.32. The minimum Gasteiger partial charge on any atom is -0.548 e. The van der Waals surface area contributed by atoms with E-state index in [0.717, 1.165) is 39.3 Å². The minimum absolute atomic E-state index is 0.822. The van der Waals surface area contributed by atoms with Crippen molar-refractivity contribution in [1.82, 2.24) is 31.9 Å². The van der Waals surface area contributed by atoms with Crippen LogP contribution in [-0.4, -0.2) is 150 Å². The number of hydrogen-bond donors (Lipinski definition) is 12. The zero-order valence-electron chi connectivity index (χ0n) is 43.6. The van der Waals surface area contributed by atoms with Crippen LogP contribution >= 0.6 is 0 Å². The van der Waals surface area contributed by atoms with Crippen LogP contribution in [-0.2, 0) is 57.5 Å². The fourth-order valence-corrected chi connectivity index (χ4v) is 2.90. The number of hydrogen-bond acceptors (Lipinski definition) is 18. The molecule has 0 aliphatic carbocycles. The van der Waals surface area contributed by atoms with E-state index in [1.165, 1.54) is 77.0 Å². The van der Waals surface area contributed by atoms with Gasteiger partial charge in [0.05, 0.1) is 114 Å². The van der Waals surface area contributed by atoms with E-state index in [1.54, 1.807) is 31.9 Å². The molecular formula is C42H90N12O18. The molecule has 0 saturated heterocycles. The lowest BCUT2D eigenvalue weighted by Gasteiger charge is -2.06. The molecule has 0 aromatic heterocycles. The molecule has 6 amide bonds. The molecule has 30 nitrogen and oxygen atoms in total. The summed E-state index contributed by atoms with van der Waals surface area (Å²) in [6.45, 7) is 14.7. The number of rotatable bonds is 24. The Labute approximate surface area is 422 Å². The number of aliphatic carboxylic acids is 6. The van der Waals surface area contributed by atoms with E-state index in [2.05, 4.69) is 75.9 Å². The monoisotopic (exact) mass is 1050 g/mol. The number of carboxylic acids is 6. The first-order valence-corrected chi connectivity index (χ1v) is 23.4. The molecule has 24 N–H and O–H groups in total. The number of carbonyl (C=O) groups is 12. The summed E-state index contributed by atoms with van der Waals surface area (Å²) in [4.78, 5) is 123. The lowest BCUT2D eigenvalue weighted by molar-refractivity contribution is -0.368. The van der Waals surface area contributed by atoms with Gasteiger partial charge in [-0.1, -0.05) is 80.1 Å². The Morgan fingerprint density at radius 2 is 0.347 bits per heavy atom. The van der Waals surface area contributed by atoms with E-state index in [0.29, 0.717) is 0 Å². The normalized spacial score (nSPS) is 8.67. The van der Waals surface area contributed by atoms with Gasteiger partial charge >= 0.3 is 35.4 Å². The van der Waals surface area contributed by atoms with E-state index in [1.807, 2.05) is 0 Å². The number of carbonyl (C=O) groups excluding carboxylic acids is 12. The highest BCUT2D eigenvalue weighted by atomic mass is 16.4. The molecular weight excluding hydrogens is 961 g/mol. The van der Waals surface area contributed by atoms with Gasteiger partial charge in [-0.15, -0.1) is 0 Å². The predicted molar refractivity (Wildman–Crippen MR) is 244 cm³/mol. The van der Waals surface area contributed by atoms with Crippen LogP contribution in [0.5, 0.6) is 0 Å². The highest BCUT2D eigenvalue weighted by Crippen LogP contribution is 1.78. The van der Waals surface area contributed by atoms with Crippen LogP contribution in [0.25, 0.3) is 0 Å². The third-order valence-corrected chi connectivity index (χ3v) is 6.60. The zero-order valence-corrected chi connectivity index (χ0v) is 43.6. The summed E-state index contributed by atoms with van der Waals surface area (Å²) in [5.41, 5.74) is 22.1. The molecule has 0 radical (unpaired) electrons. The molecule has 72 heavy (non-hydrogen) atoms. The van der Waals surface area contributed by atoms with Crippen molar-refractivity contribution >= 4 is 71.3 Å². The SMILES string of the molecule is CCCC[NH3+].CCCC[NH3+].CCCC[NH3+].CCCC[NH3+].CCCC[NH3+].CCCC[NH3+].O=C([O-])CNC(=O)C(=O)NCC(=O)[O-].O=C([O-])CNC(=O)C(=O)NCC(=O)[O-].O=C([O-])CNC(=O)C(=O)NCC(=O)[O-]. The minimum atomic E-state index is -1.56. The molecule has 0 aromatic carbocycles. The zero-order chi connectivity index (χ0) is 58.1. The van der Waals surface area contributed by atoms with Crippen molar-refractivity contribution in [2.45, 2.75) is 119 Å². The quantitative estimate of drug-likeness (QED) is 0.0399. The van der Waals surface area contributed by atoms with E-state index in [9.17, 15) is 88.2 Å². The van der Waals surface area contributed by atoms with Crippen LogP contribution in [0.1, 0.15) is 119 Å². The second kappa shape index (κ2) is 73.4. The average molecular weight is 1050 g/mol. The Bertz CT molecular complexity index is 1140. The maximum atomic E-state index is 10.6. The Morgan fingerprint density at radius 1 is 0.250 bits per heavy atom. The highest BCUT2D eigenvalue weighted by molar-refractivity contribution is 6.36. The van der Waals surface area contributed by atoms with Gasteiger partial charge in [-0.2, -0.15) is 0 Å². The van der Waals surface area contributed by atoms with Crippen LogP contribution in [0.4, 0.5) is 0 Å². The molecule has 30 heteroatoms. The predicted octanol–water partition coefficient (Wildman–Crippen LogP) is -15.7. The van der Waals surface area contributed by atoms with E-state index < -0.39 is 111 Å². The topological polar surface area (TPSA) is 581 Å². The van der Waals surface area contributed by atoms with E-state index >= 15 is 0 Å². The number of amides is 6. The van der Waals surface area contributed by atoms with Gasteiger partial charge in [-0.3, -0.25) is 28.8 Å².